The molecule has 0 saturated heterocycles. The Morgan fingerprint density at radius 1 is 1.33 bits per heavy atom. The first-order valence-electron chi connectivity index (χ1n) is 7.02. The zero-order chi connectivity index (χ0) is 14.0. The Labute approximate surface area is 114 Å². The van der Waals surface area contributed by atoms with Gasteiger partial charge in [0, 0.05) is 13.7 Å². The second kappa shape index (κ2) is 5.89. The van der Waals surface area contributed by atoms with Crippen LogP contribution >= 0.6 is 0 Å². The first kappa shape index (κ1) is 15.9. The molecule has 1 saturated carbocycles. The van der Waals surface area contributed by atoms with Gasteiger partial charge < -0.3 is 9.16 Å². The minimum atomic E-state index is -1.60. The van der Waals surface area contributed by atoms with Gasteiger partial charge in [0.25, 0.3) is 0 Å². The van der Waals surface area contributed by atoms with Crippen molar-refractivity contribution >= 4 is 8.32 Å². The molecule has 1 aliphatic rings. The average molecular weight is 270 g/mol. The summed E-state index contributed by atoms with van der Waals surface area (Å²) in [5.41, 5.74) is 0. The van der Waals surface area contributed by atoms with Crippen molar-refractivity contribution in [2.24, 2.45) is 11.8 Å². The van der Waals surface area contributed by atoms with Crippen LogP contribution in [-0.2, 0) is 9.16 Å². The van der Waals surface area contributed by atoms with Gasteiger partial charge in [-0.25, -0.2) is 0 Å². The van der Waals surface area contributed by atoms with Gasteiger partial charge in [-0.1, -0.05) is 26.8 Å². The lowest BCUT2D eigenvalue weighted by Gasteiger charge is -2.43. The van der Waals surface area contributed by atoms with Crippen LogP contribution in [-0.4, -0.2) is 28.1 Å². The van der Waals surface area contributed by atoms with E-state index < -0.39 is 8.32 Å². The Kier molecular flexibility index (Phi) is 5.21. The molecule has 18 heavy (non-hydrogen) atoms. The third kappa shape index (κ3) is 3.46. The molecule has 0 aromatic heterocycles. The number of ether oxygens (including phenoxy) is 1. The monoisotopic (exact) mass is 270 g/mol. The van der Waals surface area contributed by atoms with Crippen LogP contribution < -0.4 is 0 Å². The molecule has 0 bridgehead atoms. The Hall–Kier alpha value is -0.123. The van der Waals surface area contributed by atoms with Gasteiger partial charge in [0.05, 0.1) is 6.10 Å². The minimum absolute atomic E-state index is 0.201. The lowest BCUT2D eigenvalue weighted by molar-refractivity contribution is -0.00919. The zero-order valence-electron chi connectivity index (χ0n) is 13.0. The van der Waals surface area contributed by atoms with Gasteiger partial charge in [0.1, 0.15) is 0 Å². The first-order valence-corrected chi connectivity index (χ1v) is 9.93. The molecular formula is C15H30O2Si. The highest BCUT2D eigenvalue weighted by Gasteiger charge is 2.41. The molecule has 0 radical (unpaired) electrons. The molecule has 0 aromatic carbocycles. The van der Waals surface area contributed by atoms with E-state index in [1.54, 1.807) is 7.11 Å². The van der Waals surface area contributed by atoms with Gasteiger partial charge in [-0.15, -0.1) is 6.58 Å². The molecule has 3 atom stereocenters. The molecule has 1 fully saturated rings. The van der Waals surface area contributed by atoms with Gasteiger partial charge in [-0.3, -0.25) is 0 Å². The molecule has 0 spiro atoms. The van der Waals surface area contributed by atoms with Gasteiger partial charge in [0.15, 0.2) is 8.32 Å². The number of rotatable bonds is 6. The van der Waals surface area contributed by atoms with Gasteiger partial charge in [-0.2, -0.15) is 0 Å². The quantitative estimate of drug-likeness (QED) is 0.531. The average Bonchev–Trinajstić information content (AvgIpc) is 2.22. The smallest absolute Gasteiger partial charge is 0.191 e. The molecule has 0 amide bonds. The Morgan fingerprint density at radius 3 is 2.28 bits per heavy atom. The summed E-state index contributed by atoms with van der Waals surface area (Å²) in [6.07, 6.45) is 4.65. The van der Waals surface area contributed by atoms with Crippen molar-refractivity contribution in [1.82, 2.24) is 0 Å². The predicted molar refractivity (Wildman–Crippen MR) is 80.4 cm³/mol. The van der Waals surface area contributed by atoms with E-state index >= 15 is 0 Å². The molecule has 0 unspecified atom stereocenters. The fourth-order valence-corrected chi connectivity index (χ4v) is 3.28. The lowest BCUT2D eigenvalue weighted by atomic mass is 9.71. The Bertz CT molecular complexity index is 281. The molecule has 3 heteroatoms. The van der Waals surface area contributed by atoms with E-state index in [0.717, 1.165) is 6.61 Å². The summed E-state index contributed by atoms with van der Waals surface area (Å²) < 4.78 is 11.8. The molecule has 0 aromatic rings. The third-order valence-corrected chi connectivity index (χ3v) is 9.37. The summed E-state index contributed by atoms with van der Waals surface area (Å²) in [5, 5.41) is 0.297. The number of methoxy groups -OCH3 is 1. The lowest BCUT2D eigenvalue weighted by Crippen LogP contribution is -2.45. The SMILES string of the molecule is C=C[C@H](OC)[C@@H]1CC[C@H]1CO[Si](C)(C)C(C)(C)C. The molecule has 106 valence electrons. The molecule has 1 rings (SSSR count). The van der Waals surface area contributed by atoms with Crippen LogP contribution in [0.15, 0.2) is 12.7 Å². The minimum Gasteiger partial charge on any atom is -0.417 e. The van der Waals surface area contributed by atoms with Gasteiger partial charge >= 0.3 is 0 Å². The third-order valence-electron chi connectivity index (χ3n) is 4.87. The fourth-order valence-electron chi connectivity index (χ4n) is 2.21. The first-order chi connectivity index (χ1) is 8.23. The van der Waals surface area contributed by atoms with Crippen LogP contribution in [0.5, 0.6) is 0 Å². The van der Waals surface area contributed by atoms with Crippen molar-refractivity contribution in [3.63, 3.8) is 0 Å². The zero-order valence-corrected chi connectivity index (χ0v) is 14.0. The van der Waals surface area contributed by atoms with E-state index in [9.17, 15) is 0 Å². The van der Waals surface area contributed by atoms with E-state index in [1.165, 1.54) is 12.8 Å². The maximum absolute atomic E-state index is 6.32. The molecule has 0 aliphatic heterocycles. The van der Waals surface area contributed by atoms with Crippen molar-refractivity contribution in [2.45, 2.75) is 57.8 Å². The number of hydrogen-bond acceptors (Lipinski definition) is 2. The second-order valence-electron chi connectivity index (χ2n) is 7.01. The highest BCUT2D eigenvalue weighted by atomic mass is 28.4. The predicted octanol–water partition coefficient (Wildman–Crippen LogP) is 4.24. The highest BCUT2D eigenvalue weighted by Crippen LogP contribution is 2.41. The van der Waals surface area contributed by atoms with Crippen LogP contribution in [0.4, 0.5) is 0 Å². The van der Waals surface area contributed by atoms with E-state index in [-0.39, 0.29) is 6.10 Å². The summed E-state index contributed by atoms with van der Waals surface area (Å²) in [6, 6.07) is 0. The van der Waals surface area contributed by atoms with E-state index in [4.69, 9.17) is 9.16 Å². The van der Waals surface area contributed by atoms with Crippen molar-refractivity contribution in [3.8, 4) is 0 Å². The standard InChI is InChI=1S/C15H30O2Si/c1-8-14(16-5)13-10-9-12(13)11-17-18(6,7)15(2,3)4/h8,12-14H,1,9-11H2,2-7H3/t12-,13+,14-/m0/s1. The van der Waals surface area contributed by atoms with Crippen LogP contribution in [0.3, 0.4) is 0 Å². The molecular weight excluding hydrogens is 240 g/mol. The Balaban J connectivity index is 2.48. The summed E-state index contributed by atoms with van der Waals surface area (Å²) >= 11 is 0. The van der Waals surface area contributed by atoms with Crippen LogP contribution in [0.1, 0.15) is 33.6 Å². The maximum atomic E-state index is 6.32. The summed E-state index contributed by atoms with van der Waals surface area (Å²) in [4.78, 5) is 0. The van der Waals surface area contributed by atoms with Crippen molar-refractivity contribution in [3.05, 3.63) is 12.7 Å². The van der Waals surface area contributed by atoms with Crippen LogP contribution in [0.25, 0.3) is 0 Å². The van der Waals surface area contributed by atoms with Gasteiger partial charge in [-0.05, 0) is 42.8 Å². The molecule has 2 nitrogen and oxygen atoms in total. The van der Waals surface area contributed by atoms with Crippen molar-refractivity contribution in [1.29, 1.82) is 0 Å². The largest absolute Gasteiger partial charge is 0.417 e. The molecule has 1 aliphatic carbocycles. The number of hydrogen-bond donors (Lipinski definition) is 0. The van der Waals surface area contributed by atoms with E-state index in [1.807, 2.05) is 6.08 Å². The van der Waals surface area contributed by atoms with Gasteiger partial charge in [0.2, 0.25) is 0 Å². The molecule has 0 N–H and O–H groups in total. The topological polar surface area (TPSA) is 18.5 Å². The normalized spacial score (nSPS) is 26.6. The highest BCUT2D eigenvalue weighted by molar-refractivity contribution is 6.74. The van der Waals surface area contributed by atoms with Crippen molar-refractivity contribution in [2.75, 3.05) is 13.7 Å². The maximum Gasteiger partial charge on any atom is 0.191 e. The second-order valence-corrected chi connectivity index (χ2v) is 11.8. The summed E-state index contributed by atoms with van der Waals surface area (Å²) in [6.45, 7) is 16.3. The molecule has 0 heterocycles. The summed E-state index contributed by atoms with van der Waals surface area (Å²) in [7, 11) is 0.173. The van der Waals surface area contributed by atoms with E-state index in [0.29, 0.717) is 16.9 Å². The fraction of sp³-hybridized carbons (Fsp3) is 0.867. The Morgan fingerprint density at radius 2 is 1.94 bits per heavy atom. The van der Waals surface area contributed by atoms with Crippen LogP contribution in [0, 0.1) is 11.8 Å². The van der Waals surface area contributed by atoms with Crippen LogP contribution in [0.2, 0.25) is 18.1 Å². The van der Waals surface area contributed by atoms with E-state index in [2.05, 4.69) is 40.4 Å². The van der Waals surface area contributed by atoms with Crippen molar-refractivity contribution < 1.29 is 9.16 Å². The summed E-state index contributed by atoms with van der Waals surface area (Å²) in [5.74, 6) is 1.26.